The topological polar surface area (TPSA) is 75.8 Å². The van der Waals surface area contributed by atoms with Crippen LogP contribution in [0.1, 0.15) is 6.42 Å². The van der Waals surface area contributed by atoms with Gasteiger partial charge in [-0.1, -0.05) is 6.07 Å². The SMILES string of the molecule is COc1ccc(-c2cnc3c(N4CCC(O)C4)nccn23)c2cccnc12. The third-order valence-electron chi connectivity index (χ3n) is 5.10. The van der Waals surface area contributed by atoms with Crippen molar-refractivity contribution in [3.05, 3.63) is 49.1 Å². The molecule has 0 amide bonds. The van der Waals surface area contributed by atoms with E-state index in [9.17, 15) is 5.11 Å². The van der Waals surface area contributed by atoms with Gasteiger partial charge in [-0.2, -0.15) is 0 Å². The van der Waals surface area contributed by atoms with Gasteiger partial charge in [-0.05, 0) is 24.6 Å². The van der Waals surface area contributed by atoms with Crippen molar-refractivity contribution in [2.75, 3.05) is 25.1 Å². The normalized spacial score (nSPS) is 17.1. The smallest absolute Gasteiger partial charge is 0.180 e. The van der Waals surface area contributed by atoms with Gasteiger partial charge in [-0.25, -0.2) is 9.97 Å². The van der Waals surface area contributed by atoms with Crippen molar-refractivity contribution in [2.45, 2.75) is 12.5 Å². The number of methoxy groups -OCH3 is 1. The lowest BCUT2D eigenvalue weighted by Crippen LogP contribution is -2.23. The molecule has 7 heteroatoms. The average Bonchev–Trinajstić information content (AvgIpc) is 3.33. The minimum Gasteiger partial charge on any atom is -0.494 e. The Labute approximate surface area is 155 Å². The quantitative estimate of drug-likeness (QED) is 0.604. The number of ether oxygens (including phenoxy) is 1. The first-order chi connectivity index (χ1) is 13.3. The van der Waals surface area contributed by atoms with E-state index in [0.717, 1.165) is 52.3 Å². The lowest BCUT2D eigenvalue weighted by molar-refractivity contribution is 0.198. The number of hydrogen-bond donors (Lipinski definition) is 1. The highest BCUT2D eigenvalue weighted by Gasteiger charge is 2.24. The molecular formula is C20H19N5O2. The van der Waals surface area contributed by atoms with Crippen molar-refractivity contribution < 1.29 is 9.84 Å². The molecule has 0 radical (unpaired) electrons. The minimum absolute atomic E-state index is 0.307. The van der Waals surface area contributed by atoms with E-state index in [2.05, 4.69) is 19.9 Å². The third kappa shape index (κ3) is 2.50. The molecule has 1 atom stereocenters. The number of aliphatic hydroxyl groups is 1. The van der Waals surface area contributed by atoms with E-state index in [1.54, 1.807) is 19.5 Å². The van der Waals surface area contributed by atoms with E-state index in [0.29, 0.717) is 6.54 Å². The van der Waals surface area contributed by atoms with Crippen molar-refractivity contribution in [2.24, 2.45) is 0 Å². The van der Waals surface area contributed by atoms with Crippen LogP contribution in [0.5, 0.6) is 5.75 Å². The lowest BCUT2D eigenvalue weighted by atomic mass is 10.1. The summed E-state index contributed by atoms with van der Waals surface area (Å²) < 4.78 is 7.50. The Morgan fingerprint density at radius 1 is 1.15 bits per heavy atom. The first-order valence-electron chi connectivity index (χ1n) is 8.93. The Balaban J connectivity index is 1.70. The van der Waals surface area contributed by atoms with Gasteiger partial charge < -0.3 is 14.7 Å². The number of aliphatic hydroxyl groups excluding tert-OH is 1. The molecule has 136 valence electrons. The largest absolute Gasteiger partial charge is 0.494 e. The number of fused-ring (bicyclic) bond motifs is 2. The van der Waals surface area contributed by atoms with Crippen LogP contribution in [0.15, 0.2) is 49.1 Å². The first-order valence-corrected chi connectivity index (χ1v) is 8.93. The number of rotatable bonds is 3. The molecule has 4 heterocycles. The highest BCUT2D eigenvalue weighted by atomic mass is 16.5. The molecule has 0 saturated carbocycles. The molecule has 4 aromatic rings. The van der Waals surface area contributed by atoms with E-state index in [1.807, 2.05) is 41.1 Å². The van der Waals surface area contributed by atoms with Gasteiger partial charge in [0.05, 0.1) is 25.1 Å². The van der Waals surface area contributed by atoms with Gasteiger partial charge >= 0.3 is 0 Å². The fourth-order valence-corrected chi connectivity index (χ4v) is 3.80. The Bertz CT molecular complexity index is 1140. The number of anilines is 1. The summed E-state index contributed by atoms with van der Waals surface area (Å²) in [7, 11) is 1.65. The van der Waals surface area contributed by atoms with Crippen LogP contribution in [0.25, 0.3) is 27.8 Å². The number of benzene rings is 1. The lowest BCUT2D eigenvalue weighted by Gasteiger charge is -2.17. The van der Waals surface area contributed by atoms with Gasteiger partial charge in [-0.3, -0.25) is 9.38 Å². The van der Waals surface area contributed by atoms with Gasteiger partial charge in [0.2, 0.25) is 0 Å². The number of β-amino-alcohol motifs (C(OH)–C–C–N with tert-alkyl or cyclic N) is 1. The zero-order valence-electron chi connectivity index (χ0n) is 14.9. The molecule has 1 saturated heterocycles. The molecule has 1 unspecified atom stereocenters. The van der Waals surface area contributed by atoms with Crippen molar-refractivity contribution in [1.29, 1.82) is 0 Å². The number of pyridine rings is 1. The summed E-state index contributed by atoms with van der Waals surface area (Å²) in [6.45, 7) is 1.37. The van der Waals surface area contributed by atoms with E-state index in [1.165, 1.54) is 0 Å². The van der Waals surface area contributed by atoms with Crippen LogP contribution >= 0.6 is 0 Å². The summed E-state index contributed by atoms with van der Waals surface area (Å²) in [6.07, 6.45) is 7.77. The molecule has 1 fully saturated rings. The van der Waals surface area contributed by atoms with Crippen LogP contribution in [0.3, 0.4) is 0 Å². The van der Waals surface area contributed by atoms with Crippen molar-refractivity contribution in [3.8, 4) is 17.0 Å². The number of nitrogens with zero attached hydrogens (tertiary/aromatic N) is 5. The summed E-state index contributed by atoms with van der Waals surface area (Å²) in [5.74, 6) is 1.55. The molecular weight excluding hydrogens is 342 g/mol. The molecule has 5 rings (SSSR count). The van der Waals surface area contributed by atoms with E-state index >= 15 is 0 Å². The second-order valence-corrected chi connectivity index (χ2v) is 6.69. The maximum absolute atomic E-state index is 9.87. The second-order valence-electron chi connectivity index (χ2n) is 6.69. The number of aromatic nitrogens is 4. The highest BCUT2D eigenvalue weighted by Crippen LogP contribution is 2.34. The number of imidazole rings is 1. The molecule has 1 aliphatic heterocycles. The predicted octanol–water partition coefficient (Wildman–Crippen LogP) is 2.52. The molecule has 0 spiro atoms. The van der Waals surface area contributed by atoms with Gasteiger partial charge in [-0.15, -0.1) is 0 Å². The Morgan fingerprint density at radius 2 is 2.07 bits per heavy atom. The maximum Gasteiger partial charge on any atom is 0.180 e. The first kappa shape index (κ1) is 16.0. The summed E-state index contributed by atoms with van der Waals surface area (Å²) in [4.78, 5) is 15.7. The molecule has 3 aromatic heterocycles. The van der Waals surface area contributed by atoms with Crippen LogP contribution in [-0.4, -0.2) is 50.8 Å². The molecule has 1 aliphatic rings. The summed E-state index contributed by atoms with van der Waals surface area (Å²) in [5, 5.41) is 10.9. The van der Waals surface area contributed by atoms with Gasteiger partial charge in [0, 0.05) is 42.6 Å². The second kappa shape index (κ2) is 6.21. The van der Waals surface area contributed by atoms with Crippen LogP contribution < -0.4 is 9.64 Å². The van der Waals surface area contributed by atoms with Gasteiger partial charge in [0.25, 0.3) is 0 Å². The van der Waals surface area contributed by atoms with Crippen LogP contribution in [0.2, 0.25) is 0 Å². The molecule has 27 heavy (non-hydrogen) atoms. The summed E-state index contributed by atoms with van der Waals surface area (Å²) in [5.41, 5.74) is 3.61. The molecule has 0 bridgehead atoms. The van der Waals surface area contributed by atoms with Gasteiger partial charge in [0.1, 0.15) is 11.3 Å². The molecule has 7 nitrogen and oxygen atoms in total. The monoisotopic (exact) mass is 361 g/mol. The van der Waals surface area contributed by atoms with Crippen LogP contribution in [0, 0.1) is 0 Å². The van der Waals surface area contributed by atoms with Crippen molar-refractivity contribution in [3.63, 3.8) is 0 Å². The average molecular weight is 361 g/mol. The molecule has 1 N–H and O–H groups in total. The Morgan fingerprint density at radius 3 is 2.89 bits per heavy atom. The zero-order valence-corrected chi connectivity index (χ0v) is 14.9. The zero-order chi connectivity index (χ0) is 18.4. The molecule has 1 aromatic carbocycles. The predicted molar refractivity (Wildman–Crippen MR) is 103 cm³/mol. The maximum atomic E-state index is 9.87. The van der Waals surface area contributed by atoms with E-state index in [-0.39, 0.29) is 6.10 Å². The van der Waals surface area contributed by atoms with Crippen LogP contribution in [0.4, 0.5) is 5.82 Å². The molecule has 0 aliphatic carbocycles. The third-order valence-corrected chi connectivity index (χ3v) is 5.10. The Kier molecular flexibility index (Phi) is 3.68. The summed E-state index contributed by atoms with van der Waals surface area (Å²) >= 11 is 0. The summed E-state index contributed by atoms with van der Waals surface area (Å²) in [6, 6.07) is 7.93. The van der Waals surface area contributed by atoms with E-state index in [4.69, 9.17) is 4.74 Å². The highest BCUT2D eigenvalue weighted by molar-refractivity contribution is 5.97. The minimum atomic E-state index is -0.307. The van der Waals surface area contributed by atoms with Crippen molar-refractivity contribution in [1.82, 2.24) is 19.4 Å². The van der Waals surface area contributed by atoms with Gasteiger partial charge in [0.15, 0.2) is 11.5 Å². The van der Waals surface area contributed by atoms with E-state index < -0.39 is 0 Å². The fourth-order valence-electron chi connectivity index (χ4n) is 3.80. The Hall–Kier alpha value is -3.19. The van der Waals surface area contributed by atoms with Crippen LogP contribution in [-0.2, 0) is 0 Å². The van der Waals surface area contributed by atoms with Crippen molar-refractivity contribution >= 4 is 22.4 Å². The number of hydrogen-bond acceptors (Lipinski definition) is 6. The fraction of sp³-hybridized carbons (Fsp3) is 0.250. The standard InChI is InChI=1S/C20H19N5O2/c1-27-17-5-4-14(15-3-2-7-21-18(15)17)16-11-23-20-19(22-8-10-25(16)20)24-9-6-13(26)12-24/h2-5,7-8,10-11,13,26H,6,9,12H2,1H3.